The molecule has 0 aliphatic carbocycles. The number of ether oxygens (including phenoxy) is 1. The lowest BCUT2D eigenvalue weighted by Crippen LogP contribution is -2.42. The van der Waals surface area contributed by atoms with Crippen LogP contribution in [0.15, 0.2) is 12.7 Å². The Morgan fingerprint density at radius 3 is 3.00 bits per heavy atom. The molecular weight excluding hydrogens is 158 g/mol. The number of carbonyl (C=O) groups is 1. The number of amides is 1. The normalized spacial score (nSPS) is 28.4. The minimum absolute atomic E-state index is 0.125. The summed E-state index contributed by atoms with van der Waals surface area (Å²) < 4.78 is 4.96. The van der Waals surface area contributed by atoms with Gasteiger partial charge in [0.1, 0.15) is 0 Å². The van der Waals surface area contributed by atoms with E-state index < -0.39 is 6.10 Å². The Labute approximate surface area is 71.2 Å². The van der Waals surface area contributed by atoms with Crippen LogP contribution in [0.4, 0.5) is 0 Å². The Bertz CT molecular complexity index is 181. The lowest BCUT2D eigenvalue weighted by molar-refractivity contribution is -0.121. The largest absolute Gasteiger partial charge is 0.388 e. The zero-order valence-electron chi connectivity index (χ0n) is 6.82. The van der Waals surface area contributed by atoms with Gasteiger partial charge in [-0.1, -0.05) is 6.08 Å². The highest BCUT2D eigenvalue weighted by molar-refractivity contribution is 5.77. The van der Waals surface area contributed by atoms with Crippen molar-refractivity contribution >= 4 is 5.91 Å². The van der Waals surface area contributed by atoms with Gasteiger partial charge in [0.2, 0.25) is 5.91 Å². The highest BCUT2D eigenvalue weighted by Gasteiger charge is 2.26. The Morgan fingerprint density at radius 1 is 1.75 bits per heavy atom. The Kier molecular flexibility index (Phi) is 3.25. The Morgan fingerprint density at radius 2 is 2.50 bits per heavy atom. The molecule has 0 aromatic carbocycles. The van der Waals surface area contributed by atoms with Crippen LogP contribution in [-0.4, -0.2) is 36.4 Å². The molecular formula is C8H13NO3. The van der Waals surface area contributed by atoms with Gasteiger partial charge in [0, 0.05) is 6.42 Å². The summed E-state index contributed by atoms with van der Waals surface area (Å²) >= 11 is 0. The van der Waals surface area contributed by atoms with Crippen molar-refractivity contribution in [2.24, 2.45) is 0 Å². The third-order valence-electron chi connectivity index (χ3n) is 1.73. The van der Waals surface area contributed by atoms with Crippen LogP contribution in [0.2, 0.25) is 0 Å². The SMILES string of the molecule is C=CCC(=O)NC1COCC1O. The Balaban J connectivity index is 2.29. The predicted octanol–water partition coefficient (Wildman–Crippen LogP) is -0.562. The summed E-state index contributed by atoms with van der Waals surface area (Å²) in [5, 5.41) is 11.9. The average Bonchev–Trinajstić information content (AvgIpc) is 2.37. The van der Waals surface area contributed by atoms with Crippen molar-refractivity contribution in [2.45, 2.75) is 18.6 Å². The molecule has 2 N–H and O–H groups in total. The van der Waals surface area contributed by atoms with Gasteiger partial charge in [-0.3, -0.25) is 4.79 Å². The number of carbonyl (C=O) groups excluding carboxylic acids is 1. The molecule has 0 radical (unpaired) electrons. The highest BCUT2D eigenvalue weighted by Crippen LogP contribution is 2.04. The van der Waals surface area contributed by atoms with E-state index in [1.807, 2.05) is 0 Å². The summed E-state index contributed by atoms with van der Waals surface area (Å²) in [6, 6.07) is -0.252. The molecule has 1 saturated heterocycles. The van der Waals surface area contributed by atoms with Crippen molar-refractivity contribution in [1.29, 1.82) is 0 Å². The number of rotatable bonds is 3. The fourth-order valence-corrected chi connectivity index (χ4v) is 1.08. The van der Waals surface area contributed by atoms with Crippen LogP contribution in [0.1, 0.15) is 6.42 Å². The van der Waals surface area contributed by atoms with Crippen molar-refractivity contribution in [3.63, 3.8) is 0 Å². The van der Waals surface area contributed by atoms with Gasteiger partial charge in [-0.2, -0.15) is 0 Å². The average molecular weight is 171 g/mol. The van der Waals surface area contributed by atoms with Crippen LogP contribution in [0.25, 0.3) is 0 Å². The van der Waals surface area contributed by atoms with Crippen molar-refractivity contribution < 1.29 is 14.6 Å². The second-order valence-electron chi connectivity index (χ2n) is 2.77. The quantitative estimate of drug-likeness (QED) is 0.559. The summed E-state index contributed by atoms with van der Waals surface area (Å²) in [6.07, 6.45) is 1.24. The van der Waals surface area contributed by atoms with Crippen molar-refractivity contribution in [3.8, 4) is 0 Å². The number of hydrogen-bond donors (Lipinski definition) is 2. The first-order chi connectivity index (χ1) is 5.74. The van der Waals surface area contributed by atoms with Crippen LogP contribution >= 0.6 is 0 Å². The van der Waals surface area contributed by atoms with E-state index in [0.717, 1.165) is 0 Å². The van der Waals surface area contributed by atoms with Gasteiger partial charge in [-0.15, -0.1) is 6.58 Å². The lowest BCUT2D eigenvalue weighted by atomic mass is 10.2. The van der Waals surface area contributed by atoms with E-state index in [-0.39, 0.29) is 18.4 Å². The molecule has 4 nitrogen and oxygen atoms in total. The molecule has 0 saturated carbocycles. The van der Waals surface area contributed by atoms with E-state index in [2.05, 4.69) is 11.9 Å². The first-order valence-corrected chi connectivity index (χ1v) is 3.90. The van der Waals surface area contributed by atoms with E-state index in [4.69, 9.17) is 4.74 Å². The second kappa shape index (κ2) is 4.23. The zero-order valence-corrected chi connectivity index (χ0v) is 6.82. The minimum atomic E-state index is -0.571. The molecule has 2 atom stereocenters. The predicted molar refractivity (Wildman–Crippen MR) is 43.6 cm³/mol. The van der Waals surface area contributed by atoms with Crippen LogP contribution in [0, 0.1) is 0 Å². The maximum absolute atomic E-state index is 11.0. The van der Waals surface area contributed by atoms with E-state index in [9.17, 15) is 9.90 Å². The summed E-state index contributed by atoms with van der Waals surface area (Å²) in [7, 11) is 0. The van der Waals surface area contributed by atoms with E-state index in [0.29, 0.717) is 13.2 Å². The van der Waals surface area contributed by atoms with Crippen LogP contribution in [0.3, 0.4) is 0 Å². The molecule has 68 valence electrons. The van der Waals surface area contributed by atoms with Crippen LogP contribution in [-0.2, 0) is 9.53 Å². The van der Waals surface area contributed by atoms with Crippen molar-refractivity contribution in [3.05, 3.63) is 12.7 Å². The van der Waals surface area contributed by atoms with Crippen LogP contribution in [0.5, 0.6) is 0 Å². The second-order valence-corrected chi connectivity index (χ2v) is 2.77. The maximum atomic E-state index is 11.0. The maximum Gasteiger partial charge on any atom is 0.224 e. The molecule has 2 unspecified atom stereocenters. The third kappa shape index (κ3) is 2.32. The monoisotopic (exact) mass is 171 g/mol. The summed E-state index contributed by atoms with van der Waals surface area (Å²) in [4.78, 5) is 11.0. The van der Waals surface area contributed by atoms with Gasteiger partial charge in [-0.05, 0) is 0 Å². The first-order valence-electron chi connectivity index (χ1n) is 3.90. The minimum Gasteiger partial charge on any atom is -0.388 e. The molecule has 1 fully saturated rings. The van der Waals surface area contributed by atoms with Gasteiger partial charge < -0.3 is 15.2 Å². The van der Waals surface area contributed by atoms with Gasteiger partial charge >= 0.3 is 0 Å². The van der Waals surface area contributed by atoms with Gasteiger partial charge in [0.25, 0.3) is 0 Å². The fraction of sp³-hybridized carbons (Fsp3) is 0.625. The smallest absolute Gasteiger partial charge is 0.224 e. The van der Waals surface area contributed by atoms with E-state index in [1.165, 1.54) is 6.08 Å². The van der Waals surface area contributed by atoms with Gasteiger partial charge in [0.15, 0.2) is 0 Å². The van der Waals surface area contributed by atoms with Crippen molar-refractivity contribution in [1.82, 2.24) is 5.32 Å². The molecule has 4 heteroatoms. The standard InChI is InChI=1S/C8H13NO3/c1-2-3-8(11)9-6-4-12-5-7(6)10/h2,6-7,10H,1,3-5H2,(H,9,11). The fourth-order valence-electron chi connectivity index (χ4n) is 1.08. The number of nitrogens with one attached hydrogen (secondary N) is 1. The molecule has 0 aromatic rings. The zero-order chi connectivity index (χ0) is 8.97. The van der Waals surface area contributed by atoms with E-state index in [1.54, 1.807) is 0 Å². The topological polar surface area (TPSA) is 58.6 Å². The summed E-state index contributed by atoms with van der Waals surface area (Å²) in [5.41, 5.74) is 0. The molecule has 0 spiro atoms. The molecule has 12 heavy (non-hydrogen) atoms. The summed E-state index contributed by atoms with van der Waals surface area (Å²) in [5.74, 6) is -0.125. The molecule has 1 heterocycles. The first kappa shape index (κ1) is 9.22. The van der Waals surface area contributed by atoms with Gasteiger partial charge in [-0.25, -0.2) is 0 Å². The van der Waals surface area contributed by atoms with E-state index >= 15 is 0 Å². The highest BCUT2D eigenvalue weighted by atomic mass is 16.5. The number of aliphatic hydroxyl groups is 1. The molecule has 1 amide bonds. The molecule has 0 aromatic heterocycles. The lowest BCUT2D eigenvalue weighted by Gasteiger charge is -2.13. The number of hydrogen-bond acceptors (Lipinski definition) is 3. The number of aliphatic hydroxyl groups excluding tert-OH is 1. The molecule has 1 aliphatic rings. The Hall–Kier alpha value is -0.870. The summed E-state index contributed by atoms with van der Waals surface area (Å²) in [6.45, 7) is 4.14. The van der Waals surface area contributed by atoms with Crippen molar-refractivity contribution in [2.75, 3.05) is 13.2 Å². The third-order valence-corrected chi connectivity index (χ3v) is 1.73. The van der Waals surface area contributed by atoms with Crippen LogP contribution < -0.4 is 5.32 Å². The molecule has 0 bridgehead atoms. The molecule has 1 aliphatic heterocycles. The molecule has 1 rings (SSSR count). The van der Waals surface area contributed by atoms with Gasteiger partial charge in [0.05, 0.1) is 25.4 Å².